The molecule has 2 heterocycles. The smallest absolute Gasteiger partial charge is 0.179 e. The van der Waals surface area contributed by atoms with Crippen LogP contribution in [0.1, 0.15) is 22.8 Å². The fourth-order valence-corrected chi connectivity index (χ4v) is 4.88. The summed E-state index contributed by atoms with van der Waals surface area (Å²) in [6.45, 7) is 1.51. The molecule has 0 spiro atoms. The Hall–Kier alpha value is -2.93. The van der Waals surface area contributed by atoms with Crippen LogP contribution in [0.2, 0.25) is 0 Å². The van der Waals surface area contributed by atoms with Crippen molar-refractivity contribution in [2.24, 2.45) is 0 Å². The third-order valence-electron chi connectivity index (χ3n) is 4.62. The Kier molecular flexibility index (Phi) is 3.69. The monoisotopic (exact) mass is 367 g/mol. The number of pyridine rings is 1. The minimum Gasteiger partial charge on any atom is -0.396 e. The summed E-state index contributed by atoms with van der Waals surface area (Å²) in [5.74, 6) is 0.0587. The Morgan fingerprint density at radius 2 is 2.04 bits per heavy atom. The summed E-state index contributed by atoms with van der Waals surface area (Å²) < 4.78 is 24.5. The molecule has 0 atom stereocenters. The van der Waals surface area contributed by atoms with Crippen LogP contribution >= 0.6 is 0 Å². The summed E-state index contributed by atoms with van der Waals surface area (Å²) >= 11 is 0. The molecule has 0 fully saturated rings. The largest absolute Gasteiger partial charge is 0.396 e. The number of hydrogen-bond donors (Lipinski definition) is 2. The minimum atomic E-state index is -3.26. The number of benzene rings is 2. The number of nitrogens with two attached hydrogens (primary N) is 1. The summed E-state index contributed by atoms with van der Waals surface area (Å²) in [5, 5.41) is 3.97. The lowest BCUT2D eigenvalue weighted by atomic mass is 10.0. The first kappa shape index (κ1) is 16.5. The zero-order chi connectivity index (χ0) is 18.5. The summed E-state index contributed by atoms with van der Waals surface area (Å²) in [5.41, 5.74) is 9.90. The van der Waals surface area contributed by atoms with Gasteiger partial charge in [0.25, 0.3) is 0 Å². The summed E-state index contributed by atoms with van der Waals surface area (Å²) in [6.07, 6.45) is 1.98. The number of Topliss-reactive ketones (excluding diaryl/α,β-unsaturated/α-hetero) is 1. The van der Waals surface area contributed by atoms with Gasteiger partial charge in [0.2, 0.25) is 0 Å². The second-order valence-electron chi connectivity index (χ2n) is 6.36. The molecular formula is C19H17N3O3S. The molecule has 0 aliphatic carbocycles. The number of fused-ring (bicyclic) bond motifs is 3. The van der Waals surface area contributed by atoms with Crippen molar-refractivity contribution in [1.82, 2.24) is 4.98 Å². The van der Waals surface area contributed by atoms with Gasteiger partial charge in [-0.2, -0.15) is 0 Å². The van der Waals surface area contributed by atoms with Crippen molar-refractivity contribution in [2.75, 3.05) is 16.8 Å². The van der Waals surface area contributed by atoms with E-state index < -0.39 is 9.84 Å². The molecule has 7 heteroatoms. The zero-order valence-electron chi connectivity index (χ0n) is 14.1. The fraction of sp³-hybridized carbons (Fsp3) is 0.158. The Morgan fingerprint density at radius 1 is 1.23 bits per heavy atom. The number of aromatic nitrogens is 1. The molecule has 0 saturated carbocycles. The standard InChI is InChI=1S/C19H17N3O3S/c1-11(23)12-3-2-4-13(9-12)22-19-15(20)10-21-16-5-6-17-14(18(16)19)7-8-26(17,24)25/h2-6,9-10H,7-8,20H2,1H3,(H,21,22). The van der Waals surface area contributed by atoms with Gasteiger partial charge >= 0.3 is 0 Å². The molecule has 1 aliphatic heterocycles. The van der Waals surface area contributed by atoms with Gasteiger partial charge in [-0.05, 0) is 43.2 Å². The van der Waals surface area contributed by atoms with E-state index in [-0.39, 0.29) is 11.5 Å². The van der Waals surface area contributed by atoms with Gasteiger partial charge in [-0.3, -0.25) is 9.78 Å². The molecule has 1 aliphatic rings. The Bertz CT molecular complexity index is 1170. The number of ketones is 1. The van der Waals surface area contributed by atoms with Gasteiger partial charge in [-0.1, -0.05) is 12.1 Å². The first-order chi connectivity index (χ1) is 12.4. The number of hydrogen-bond acceptors (Lipinski definition) is 6. The van der Waals surface area contributed by atoms with Crippen LogP contribution in [0.4, 0.5) is 17.1 Å². The summed E-state index contributed by atoms with van der Waals surface area (Å²) in [6, 6.07) is 10.4. The maximum atomic E-state index is 12.3. The average molecular weight is 367 g/mol. The molecule has 132 valence electrons. The van der Waals surface area contributed by atoms with Crippen LogP contribution in [0.5, 0.6) is 0 Å². The molecule has 26 heavy (non-hydrogen) atoms. The molecular weight excluding hydrogens is 350 g/mol. The predicted octanol–water partition coefficient (Wildman–Crippen LogP) is 3.09. The van der Waals surface area contributed by atoms with Gasteiger partial charge < -0.3 is 11.1 Å². The van der Waals surface area contributed by atoms with Gasteiger partial charge in [0.05, 0.1) is 33.7 Å². The minimum absolute atomic E-state index is 0.0341. The number of nitrogens with one attached hydrogen (secondary N) is 1. The van der Waals surface area contributed by atoms with E-state index in [0.717, 1.165) is 10.9 Å². The zero-order valence-corrected chi connectivity index (χ0v) is 14.9. The number of rotatable bonds is 3. The highest BCUT2D eigenvalue weighted by atomic mass is 32.2. The van der Waals surface area contributed by atoms with Crippen molar-refractivity contribution in [1.29, 1.82) is 0 Å². The topological polar surface area (TPSA) is 102 Å². The van der Waals surface area contributed by atoms with Crippen LogP contribution in [0.15, 0.2) is 47.5 Å². The Morgan fingerprint density at radius 3 is 2.81 bits per heavy atom. The molecule has 0 saturated heterocycles. The molecule has 0 radical (unpaired) electrons. The average Bonchev–Trinajstić information content (AvgIpc) is 2.92. The number of anilines is 3. The van der Waals surface area contributed by atoms with Crippen LogP contribution in [-0.2, 0) is 16.3 Å². The number of carbonyl (C=O) groups excluding carboxylic acids is 1. The van der Waals surface area contributed by atoms with Crippen molar-refractivity contribution in [3.63, 3.8) is 0 Å². The molecule has 2 aromatic carbocycles. The van der Waals surface area contributed by atoms with Crippen LogP contribution < -0.4 is 11.1 Å². The second-order valence-corrected chi connectivity index (χ2v) is 8.43. The third kappa shape index (κ3) is 2.61. The normalized spacial score (nSPS) is 15.0. The lowest BCUT2D eigenvalue weighted by molar-refractivity contribution is 0.101. The van der Waals surface area contributed by atoms with Crippen molar-refractivity contribution < 1.29 is 13.2 Å². The molecule has 0 amide bonds. The van der Waals surface area contributed by atoms with Crippen molar-refractivity contribution in [2.45, 2.75) is 18.2 Å². The molecule has 4 rings (SSSR count). The van der Waals surface area contributed by atoms with E-state index in [2.05, 4.69) is 10.3 Å². The van der Waals surface area contributed by atoms with Gasteiger partial charge in [0.1, 0.15) is 0 Å². The van der Waals surface area contributed by atoms with Gasteiger partial charge in [-0.15, -0.1) is 0 Å². The van der Waals surface area contributed by atoms with E-state index in [1.807, 2.05) is 6.07 Å². The van der Waals surface area contributed by atoms with Gasteiger partial charge in [0, 0.05) is 16.6 Å². The molecule has 3 N–H and O–H groups in total. The van der Waals surface area contributed by atoms with Crippen molar-refractivity contribution in [3.8, 4) is 0 Å². The lowest BCUT2D eigenvalue weighted by Crippen LogP contribution is -2.02. The van der Waals surface area contributed by atoms with E-state index in [9.17, 15) is 13.2 Å². The quantitative estimate of drug-likeness (QED) is 0.690. The maximum absolute atomic E-state index is 12.3. The maximum Gasteiger partial charge on any atom is 0.179 e. The predicted molar refractivity (Wildman–Crippen MR) is 102 cm³/mol. The van der Waals surface area contributed by atoms with Crippen LogP contribution in [0.3, 0.4) is 0 Å². The highest BCUT2D eigenvalue weighted by Crippen LogP contribution is 2.39. The molecule has 3 aromatic rings. The molecule has 0 bridgehead atoms. The van der Waals surface area contributed by atoms with Crippen LogP contribution in [0.25, 0.3) is 10.9 Å². The highest BCUT2D eigenvalue weighted by Gasteiger charge is 2.29. The van der Waals surface area contributed by atoms with E-state index in [1.54, 1.807) is 36.5 Å². The second kappa shape index (κ2) is 5.81. The van der Waals surface area contributed by atoms with E-state index >= 15 is 0 Å². The first-order valence-corrected chi connectivity index (χ1v) is 9.83. The molecule has 6 nitrogen and oxygen atoms in total. The van der Waals surface area contributed by atoms with Crippen LogP contribution in [0, 0.1) is 0 Å². The van der Waals surface area contributed by atoms with Crippen LogP contribution in [-0.4, -0.2) is 24.9 Å². The molecule has 0 unspecified atom stereocenters. The number of nitrogen functional groups attached to an aromatic ring is 1. The lowest BCUT2D eigenvalue weighted by Gasteiger charge is -2.15. The van der Waals surface area contributed by atoms with E-state index in [1.165, 1.54) is 6.92 Å². The van der Waals surface area contributed by atoms with Crippen molar-refractivity contribution >= 4 is 43.6 Å². The SMILES string of the molecule is CC(=O)c1cccc(Nc2c(N)cnc3ccc4c(c23)CCS4(=O)=O)c1. The number of nitrogens with zero attached hydrogens (tertiary/aromatic N) is 1. The van der Waals surface area contributed by atoms with Gasteiger partial charge in [-0.25, -0.2) is 8.42 Å². The molecule has 1 aromatic heterocycles. The van der Waals surface area contributed by atoms with E-state index in [0.29, 0.717) is 39.5 Å². The third-order valence-corrected chi connectivity index (χ3v) is 6.42. The summed E-state index contributed by atoms with van der Waals surface area (Å²) in [7, 11) is -3.26. The Labute approximate surface area is 151 Å². The van der Waals surface area contributed by atoms with Crippen molar-refractivity contribution in [3.05, 3.63) is 53.7 Å². The number of sulfone groups is 1. The number of aryl methyl sites for hydroxylation is 1. The van der Waals surface area contributed by atoms with E-state index in [4.69, 9.17) is 5.73 Å². The summed E-state index contributed by atoms with van der Waals surface area (Å²) in [4.78, 5) is 16.3. The number of carbonyl (C=O) groups is 1. The Balaban J connectivity index is 1.93. The fourth-order valence-electron chi connectivity index (χ4n) is 3.33. The van der Waals surface area contributed by atoms with Gasteiger partial charge in [0.15, 0.2) is 15.6 Å². The highest BCUT2D eigenvalue weighted by molar-refractivity contribution is 7.91. The first-order valence-electron chi connectivity index (χ1n) is 8.18.